The van der Waals surface area contributed by atoms with E-state index < -0.39 is 0 Å². The molecule has 0 aliphatic carbocycles. The first-order valence-electron chi connectivity index (χ1n) is 7.23. The summed E-state index contributed by atoms with van der Waals surface area (Å²) in [5.41, 5.74) is 3.92. The van der Waals surface area contributed by atoms with Crippen LogP contribution in [0.2, 0.25) is 0 Å². The van der Waals surface area contributed by atoms with Gasteiger partial charge in [-0.15, -0.1) is 0 Å². The fraction of sp³-hybridized carbons (Fsp3) is 0.471. The van der Waals surface area contributed by atoms with Gasteiger partial charge in [-0.1, -0.05) is 46.2 Å². The van der Waals surface area contributed by atoms with E-state index in [1.165, 1.54) is 0 Å². The van der Waals surface area contributed by atoms with Crippen LogP contribution >= 0.6 is 0 Å². The Hall–Kier alpha value is -1.77. The molecule has 0 aliphatic rings. The SMILES string of the molecule is CCCc1nn(-c2cccc(C)c2)c(O)c1C(C)(C)C. The number of benzene rings is 1. The minimum absolute atomic E-state index is 0.114. The van der Waals surface area contributed by atoms with E-state index in [4.69, 9.17) is 0 Å². The summed E-state index contributed by atoms with van der Waals surface area (Å²) in [5, 5.41) is 15.3. The minimum atomic E-state index is -0.114. The van der Waals surface area contributed by atoms with Crippen molar-refractivity contribution in [3.63, 3.8) is 0 Å². The normalized spacial score (nSPS) is 11.8. The summed E-state index contributed by atoms with van der Waals surface area (Å²) in [6.07, 6.45) is 1.91. The molecule has 0 fully saturated rings. The average molecular weight is 272 g/mol. The molecule has 2 rings (SSSR count). The molecule has 3 nitrogen and oxygen atoms in total. The van der Waals surface area contributed by atoms with Gasteiger partial charge in [0.05, 0.1) is 11.4 Å². The van der Waals surface area contributed by atoms with Crippen LogP contribution in [0.15, 0.2) is 24.3 Å². The quantitative estimate of drug-likeness (QED) is 0.912. The molecular weight excluding hydrogens is 248 g/mol. The van der Waals surface area contributed by atoms with Gasteiger partial charge < -0.3 is 5.11 Å². The fourth-order valence-corrected chi connectivity index (χ4v) is 2.57. The molecule has 20 heavy (non-hydrogen) atoms. The third-order valence-corrected chi connectivity index (χ3v) is 3.42. The predicted octanol–water partition coefficient (Wildman–Crippen LogP) is 4.14. The molecule has 2 aromatic rings. The zero-order valence-corrected chi connectivity index (χ0v) is 13.1. The number of rotatable bonds is 3. The number of hydrogen-bond acceptors (Lipinski definition) is 2. The molecule has 0 radical (unpaired) electrons. The Morgan fingerprint density at radius 3 is 2.50 bits per heavy atom. The van der Waals surface area contributed by atoms with Crippen LogP contribution in [0.1, 0.15) is 50.9 Å². The zero-order chi connectivity index (χ0) is 14.9. The summed E-state index contributed by atoms with van der Waals surface area (Å²) in [4.78, 5) is 0. The molecule has 0 spiro atoms. The molecular formula is C17H24N2O. The van der Waals surface area contributed by atoms with Crippen LogP contribution in [0, 0.1) is 6.92 Å². The molecule has 1 aromatic carbocycles. The van der Waals surface area contributed by atoms with E-state index in [9.17, 15) is 5.11 Å². The van der Waals surface area contributed by atoms with Crippen molar-refractivity contribution in [3.8, 4) is 11.6 Å². The highest BCUT2D eigenvalue weighted by molar-refractivity contribution is 5.45. The van der Waals surface area contributed by atoms with Crippen molar-refractivity contribution in [2.75, 3.05) is 0 Å². The molecule has 0 unspecified atom stereocenters. The van der Waals surface area contributed by atoms with Crippen molar-refractivity contribution in [1.82, 2.24) is 9.78 Å². The van der Waals surface area contributed by atoms with Crippen LogP contribution in [0.5, 0.6) is 5.88 Å². The van der Waals surface area contributed by atoms with Gasteiger partial charge in [-0.05, 0) is 36.5 Å². The van der Waals surface area contributed by atoms with Gasteiger partial charge in [0.2, 0.25) is 5.88 Å². The molecule has 0 atom stereocenters. The maximum Gasteiger partial charge on any atom is 0.218 e. The molecule has 0 aliphatic heterocycles. The second-order valence-corrected chi connectivity index (χ2v) is 6.40. The smallest absolute Gasteiger partial charge is 0.218 e. The van der Waals surface area contributed by atoms with E-state index in [0.717, 1.165) is 35.3 Å². The predicted molar refractivity (Wildman–Crippen MR) is 82.7 cm³/mol. The molecule has 1 aromatic heterocycles. The first-order valence-corrected chi connectivity index (χ1v) is 7.23. The first-order chi connectivity index (χ1) is 9.34. The van der Waals surface area contributed by atoms with Crippen LogP contribution in [-0.2, 0) is 11.8 Å². The first kappa shape index (κ1) is 14.6. The molecule has 1 heterocycles. The Labute approximate surface area is 121 Å². The van der Waals surface area contributed by atoms with Gasteiger partial charge in [0.1, 0.15) is 0 Å². The van der Waals surface area contributed by atoms with Crippen molar-refractivity contribution in [1.29, 1.82) is 0 Å². The Morgan fingerprint density at radius 1 is 1.25 bits per heavy atom. The van der Waals surface area contributed by atoms with Crippen LogP contribution in [0.3, 0.4) is 0 Å². The molecule has 3 heteroatoms. The molecule has 1 N–H and O–H groups in total. The van der Waals surface area contributed by atoms with Crippen LogP contribution < -0.4 is 0 Å². The molecule has 108 valence electrons. The Balaban J connectivity index is 2.61. The summed E-state index contributed by atoms with van der Waals surface area (Å²) in [6.45, 7) is 10.5. The zero-order valence-electron chi connectivity index (χ0n) is 13.1. The van der Waals surface area contributed by atoms with Crippen LogP contribution in [-0.4, -0.2) is 14.9 Å². The number of nitrogens with zero attached hydrogens (tertiary/aromatic N) is 2. The summed E-state index contributed by atoms with van der Waals surface area (Å²) < 4.78 is 1.67. The third kappa shape index (κ3) is 2.72. The Bertz CT molecular complexity index is 606. The topological polar surface area (TPSA) is 38.0 Å². The maximum atomic E-state index is 10.6. The van der Waals surface area contributed by atoms with E-state index in [2.05, 4.69) is 32.8 Å². The summed E-state index contributed by atoms with van der Waals surface area (Å²) in [6, 6.07) is 8.04. The lowest BCUT2D eigenvalue weighted by atomic mass is 9.86. The monoisotopic (exact) mass is 272 g/mol. The summed E-state index contributed by atoms with van der Waals surface area (Å²) >= 11 is 0. The van der Waals surface area contributed by atoms with E-state index in [0.29, 0.717) is 0 Å². The van der Waals surface area contributed by atoms with E-state index in [1.54, 1.807) is 4.68 Å². The van der Waals surface area contributed by atoms with Gasteiger partial charge >= 0.3 is 0 Å². The number of hydrogen-bond donors (Lipinski definition) is 1. The number of aromatic hydroxyl groups is 1. The minimum Gasteiger partial charge on any atom is -0.493 e. The average Bonchev–Trinajstić information content (AvgIpc) is 2.66. The van der Waals surface area contributed by atoms with Gasteiger partial charge in [0, 0.05) is 5.56 Å². The summed E-state index contributed by atoms with van der Waals surface area (Å²) in [5.74, 6) is 0.270. The largest absolute Gasteiger partial charge is 0.493 e. The van der Waals surface area contributed by atoms with Crippen LogP contribution in [0.4, 0.5) is 0 Å². The molecule has 0 saturated carbocycles. The summed E-state index contributed by atoms with van der Waals surface area (Å²) in [7, 11) is 0. The van der Waals surface area contributed by atoms with Gasteiger partial charge in [-0.3, -0.25) is 0 Å². The van der Waals surface area contributed by atoms with Crippen molar-refractivity contribution in [2.45, 2.75) is 52.9 Å². The standard InChI is InChI=1S/C17H24N2O/c1-6-8-14-15(17(3,4)5)16(20)19(18-14)13-10-7-9-12(2)11-13/h7,9-11,20H,6,8H2,1-5H3. The lowest BCUT2D eigenvalue weighted by Gasteiger charge is -2.18. The van der Waals surface area contributed by atoms with Gasteiger partial charge in [-0.2, -0.15) is 5.10 Å². The Kier molecular flexibility index (Phi) is 3.89. The highest BCUT2D eigenvalue weighted by Gasteiger charge is 2.27. The van der Waals surface area contributed by atoms with Gasteiger partial charge in [-0.25, -0.2) is 4.68 Å². The molecule has 0 amide bonds. The van der Waals surface area contributed by atoms with E-state index >= 15 is 0 Å². The van der Waals surface area contributed by atoms with E-state index in [1.807, 2.05) is 31.2 Å². The lowest BCUT2D eigenvalue weighted by molar-refractivity contribution is 0.413. The molecule has 0 saturated heterocycles. The lowest BCUT2D eigenvalue weighted by Crippen LogP contribution is -2.13. The second kappa shape index (κ2) is 5.31. The number of aromatic nitrogens is 2. The molecule has 0 bridgehead atoms. The second-order valence-electron chi connectivity index (χ2n) is 6.40. The van der Waals surface area contributed by atoms with Gasteiger partial charge in [0.25, 0.3) is 0 Å². The highest BCUT2D eigenvalue weighted by Crippen LogP contribution is 2.35. The third-order valence-electron chi connectivity index (χ3n) is 3.42. The Morgan fingerprint density at radius 2 is 1.95 bits per heavy atom. The van der Waals surface area contributed by atoms with Gasteiger partial charge in [0.15, 0.2) is 0 Å². The fourth-order valence-electron chi connectivity index (χ4n) is 2.57. The van der Waals surface area contributed by atoms with Crippen LogP contribution in [0.25, 0.3) is 5.69 Å². The van der Waals surface area contributed by atoms with Crippen molar-refractivity contribution in [2.24, 2.45) is 0 Å². The van der Waals surface area contributed by atoms with E-state index in [-0.39, 0.29) is 11.3 Å². The van der Waals surface area contributed by atoms with Crippen molar-refractivity contribution >= 4 is 0 Å². The van der Waals surface area contributed by atoms with Crippen molar-refractivity contribution < 1.29 is 5.11 Å². The number of aryl methyl sites for hydroxylation is 2. The maximum absolute atomic E-state index is 10.6. The van der Waals surface area contributed by atoms with Crippen molar-refractivity contribution in [3.05, 3.63) is 41.1 Å². The highest BCUT2D eigenvalue weighted by atomic mass is 16.3.